The second-order valence-electron chi connectivity index (χ2n) is 4.47. The maximum atomic E-state index is 12.1. The fraction of sp³-hybridized carbons (Fsp3) is 0.909. The van der Waals surface area contributed by atoms with Gasteiger partial charge in [-0.2, -0.15) is 4.31 Å². The number of hydrogen-bond acceptors (Lipinski definition) is 4. The number of nitrogens with zero attached hydrogens (tertiary/aromatic N) is 1. The molecule has 1 aliphatic rings. The maximum absolute atomic E-state index is 12.1. The summed E-state index contributed by atoms with van der Waals surface area (Å²) in [4.78, 5) is 11.7. The predicted octanol–water partition coefficient (Wildman–Crippen LogP) is 1.14. The molecule has 5 nitrogen and oxygen atoms in total. The number of esters is 1. The van der Waals surface area contributed by atoms with E-state index in [0.717, 1.165) is 12.8 Å². The van der Waals surface area contributed by atoms with Crippen molar-refractivity contribution >= 4 is 16.0 Å². The van der Waals surface area contributed by atoms with Crippen molar-refractivity contribution in [1.29, 1.82) is 0 Å². The molecule has 0 aromatic carbocycles. The normalized spacial score (nSPS) is 22.7. The SMILES string of the molecule is CCOC(=O)C1CCCCN1S(=O)(=O)C(C)C. The van der Waals surface area contributed by atoms with Crippen molar-refractivity contribution in [2.75, 3.05) is 13.2 Å². The molecule has 0 aromatic rings. The van der Waals surface area contributed by atoms with Crippen LogP contribution in [0.5, 0.6) is 0 Å². The fourth-order valence-electron chi connectivity index (χ4n) is 1.95. The molecule has 0 aromatic heterocycles. The Balaban J connectivity index is 2.90. The van der Waals surface area contributed by atoms with Gasteiger partial charge < -0.3 is 4.74 Å². The van der Waals surface area contributed by atoms with Crippen molar-refractivity contribution < 1.29 is 17.9 Å². The first-order valence-electron chi connectivity index (χ1n) is 6.08. The highest BCUT2D eigenvalue weighted by atomic mass is 32.2. The van der Waals surface area contributed by atoms with E-state index >= 15 is 0 Å². The lowest BCUT2D eigenvalue weighted by Crippen LogP contribution is -2.50. The molecular formula is C11H21NO4S. The quantitative estimate of drug-likeness (QED) is 0.714. The molecule has 1 saturated heterocycles. The summed E-state index contributed by atoms with van der Waals surface area (Å²) in [6.45, 7) is 5.69. The van der Waals surface area contributed by atoms with Crippen molar-refractivity contribution in [3.8, 4) is 0 Å². The third-order valence-corrected chi connectivity index (χ3v) is 5.22. The van der Waals surface area contributed by atoms with E-state index in [2.05, 4.69) is 0 Å². The van der Waals surface area contributed by atoms with Gasteiger partial charge in [-0.15, -0.1) is 0 Å². The van der Waals surface area contributed by atoms with Gasteiger partial charge in [0.2, 0.25) is 10.0 Å². The van der Waals surface area contributed by atoms with Crippen LogP contribution >= 0.6 is 0 Å². The molecule has 0 bridgehead atoms. The Morgan fingerprint density at radius 2 is 2.06 bits per heavy atom. The van der Waals surface area contributed by atoms with Gasteiger partial charge in [-0.05, 0) is 40.0 Å². The Hall–Kier alpha value is -0.620. The minimum Gasteiger partial charge on any atom is -0.465 e. The van der Waals surface area contributed by atoms with E-state index in [0.29, 0.717) is 13.0 Å². The molecule has 1 aliphatic heterocycles. The number of rotatable bonds is 4. The van der Waals surface area contributed by atoms with Crippen LogP contribution in [-0.4, -0.2) is 43.1 Å². The Bertz CT molecular complexity index is 364. The summed E-state index contributed by atoms with van der Waals surface area (Å²) in [6.07, 6.45) is 2.24. The molecule has 17 heavy (non-hydrogen) atoms. The topological polar surface area (TPSA) is 63.7 Å². The summed E-state index contributed by atoms with van der Waals surface area (Å²) in [6, 6.07) is -0.629. The first kappa shape index (κ1) is 14.4. The summed E-state index contributed by atoms with van der Waals surface area (Å²) in [7, 11) is -3.38. The molecule has 0 spiro atoms. The van der Waals surface area contributed by atoms with Gasteiger partial charge in [0.15, 0.2) is 0 Å². The van der Waals surface area contributed by atoms with Crippen LogP contribution in [0.1, 0.15) is 40.0 Å². The van der Waals surface area contributed by atoms with Gasteiger partial charge in [-0.25, -0.2) is 8.42 Å². The summed E-state index contributed by atoms with van der Waals surface area (Å²) >= 11 is 0. The number of carbonyl (C=O) groups is 1. The number of carbonyl (C=O) groups excluding carboxylic acids is 1. The Labute approximate surface area is 103 Å². The lowest BCUT2D eigenvalue weighted by Gasteiger charge is -2.34. The zero-order chi connectivity index (χ0) is 13.1. The fourth-order valence-corrected chi connectivity index (χ4v) is 3.43. The highest BCUT2D eigenvalue weighted by Crippen LogP contribution is 2.23. The van der Waals surface area contributed by atoms with Crippen molar-refractivity contribution in [2.24, 2.45) is 0 Å². The highest BCUT2D eigenvalue weighted by molar-refractivity contribution is 7.89. The second-order valence-corrected chi connectivity index (χ2v) is 6.91. The molecule has 0 aliphatic carbocycles. The zero-order valence-electron chi connectivity index (χ0n) is 10.7. The molecule has 1 fully saturated rings. The van der Waals surface area contributed by atoms with Gasteiger partial charge in [0.25, 0.3) is 0 Å². The van der Waals surface area contributed by atoms with Crippen LogP contribution in [0.25, 0.3) is 0 Å². The number of piperidine rings is 1. The summed E-state index contributed by atoms with van der Waals surface area (Å²) in [5.41, 5.74) is 0. The third-order valence-electron chi connectivity index (χ3n) is 2.93. The first-order chi connectivity index (χ1) is 7.91. The molecule has 1 heterocycles. The maximum Gasteiger partial charge on any atom is 0.324 e. The minimum absolute atomic E-state index is 0.283. The molecule has 6 heteroatoms. The van der Waals surface area contributed by atoms with E-state index in [1.165, 1.54) is 4.31 Å². The monoisotopic (exact) mass is 263 g/mol. The van der Waals surface area contributed by atoms with Crippen LogP contribution in [-0.2, 0) is 19.6 Å². The number of sulfonamides is 1. The molecule has 0 N–H and O–H groups in total. The summed E-state index contributed by atoms with van der Waals surface area (Å²) in [5, 5.41) is -0.502. The van der Waals surface area contributed by atoms with Gasteiger partial charge >= 0.3 is 5.97 Å². The average Bonchev–Trinajstić information content (AvgIpc) is 2.29. The predicted molar refractivity (Wildman–Crippen MR) is 65.0 cm³/mol. The molecule has 100 valence electrons. The third kappa shape index (κ3) is 3.19. The Kier molecular flexibility index (Phi) is 4.94. The number of hydrogen-bond donors (Lipinski definition) is 0. The zero-order valence-corrected chi connectivity index (χ0v) is 11.5. The van der Waals surface area contributed by atoms with Gasteiger partial charge in [0.1, 0.15) is 6.04 Å². The van der Waals surface area contributed by atoms with Crippen molar-refractivity contribution in [2.45, 2.75) is 51.3 Å². The summed E-state index contributed by atoms with van der Waals surface area (Å²) < 4.78 is 30.5. The molecule has 1 rings (SSSR count). The Morgan fingerprint density at radius 3 is 2.59 bits per heavy atom. The molecule has 0 saturated carbocycles. The number of ether oxygens (including phenoxy) is 1. The average molecular weight is 263 g/mol. The van der Waals surface area contributed by atoms with Crippen LogP contribution in [0.4, 0.5) is 0 Å². The molecule has 0 amide bonds. The highest BCUT2D eigenvalue weighted by Gasteiger charge is 2.38. The molecule has 1 unspecified atom stereocenters. The lowest BCUT2D eigenvalue weighted by atomic mass is 10.1. The van der Waals surface area contributed by atoms with E-state index in [-0.39, 0.29) is 6.61 Å². The summed E-state index contributed by atoms with van der Waals surface area (Å²) in [5.74, 6) is -0.420. The lowest BCUT2D eigenvalue weighted by molar-refractivity contribution is -0.148. The smallest absolute Gasteiger partial charge is 0.324 e. The van der Waals surface area contributed by atoms with E-state index in [1.807, 2.05) is 0 Å². The van der Waals surface area contributed by atoms with Crippen LogP contribution < -0.4 is 0 Å². The van der Waals surface area contributed by atoms with E-state index < -0.39 is 27.3 Å². The van der Waals surface area contributed by atoms with E-state index in [1.54, 1.807) is 20.8 Å². The van der Waals surface area contributed by atoms with Crippen molar-refractivity contribution in [3.63, 3.8) is 0 Å². The Morgan fingerprint density at radius 1 is 1.41 bits per heavy atom. The minimum atomic E-state index is -3.38. The van der Waals surface area contributed by atoms with Crippen molar-refractivity contribution in [1.82, 2.24) is 4.31 Å². The van der Waals surface area contributed by atoms with Crippen LogP contribution in [0.2, 0.25) is 0 Å². The second kappa shape index (κ2) is 5.82. The molecular weight excluding hydrogens is 242 g/mol. The van der Waals surface area contributed by atoms with E-state index in [4.69, 9.17) is 4.74 Å². The van der Waals surface area contributed by atoms with Gasteiger partial charge in [-0.3, -0.25) is 4.79 Å². The molecule has 0 radical (unpaired) electrons. The standard InChI is InChI=1S/C11H21NO4S/c1-4-16-11(13)10-7-5-6-8-12(10)17(14,15)9(2)3/h9-10H,4-8H2,1-3H3. The van der Waals surface area contributed by atoms with Gasteiger partial charge in [-0.1, -0.05) is 0 Å². The van der Waals surface area contributed by atoms with Crippen LogP contribution in [0.15, 0.2) is 0 Å². The van der Waals surface area contributed by atoms with Gasteiger partial charge in [0.05, 0.1) is 11.9 Å². The van der Waals surface area contributed by atoms with E-state index in [9.17, 15) is 13.2 Å². The largest absolute Gasteiger partial charge is 0.465 e. The molecule has 1 atom stereocenters. The van der Waals surface area contributed by atoms with Crippen molar-refractivity contribution in [3.05, 3.63) is 0 Å². The van der Waals surface area contributed by atoms with Crippen LogP contribution in [0.3, 0.4) is 0 Å². The van der Waals surface area contributed by atoms with Gasteiger partial charge in [0, 0.05) is 6.54 Å². The first-order valence-corrected chi connectivity index (χ1v) is 7.58. The van der Waals surface area contributed by atoms with Crippen LogP contribution in [0, 0.1) is 0 Å².